The van der Waals surface area contributed by atoms with Gasteiger partial charge in [0, 0.05) is 0 Å². The Morgan fingerprint density at radius 2 is 0.776 bits per heavy atom. The number of hydrogen-bond donors (Lipinski definition) is 0. The monoisotopic (exact) mass is 676 g/mol. The molecular formula is C37H40O12. The van der Waals surface area contributed by atoms with Gasteiger partial charge in [-0.3, -0.25) is 0 Å². The second-order valence-corrected chi connectivity index (χ2v) is 12.4. The van der Waals surface area contributed by atoms with Crippen LogP contribution in [0.1, 0.15) is 69.6 Å². The van der Waals surface area contributed by atoms with E-state index >= 15 is 0 Å². The van der Waals surface area contributed by atoms with E-state index in [1.165, 1.54) is 21.3 Å². The number of benzene rings is 3. The van der Waals surface area contributed by atoms with Gasteiger partial charge in [-0.05, 0) is 111 Å². The number of carbonyl (C=O) groups excluding carboxylic acids is 3. The molecule has 3 aromatic rings. The summed E-state index contributed by atoms with van der Waals surface area (Å²) in [5, 5.41) is 0. The van der Waals surface area contributed by atoms with Crippen molar-refractivity contribution in [2.75, 3.05) is 41.2 Å². The number of rotatable bonds is 18. The minimum absolute atomic E-state index is 0.233. The predicted octanol–water partition coefficient (Wildman–Crippen LogP) is 6.23. The molecule has 0 amide bonds. The minimum atomic E-state index is -1.48. The SMILES string of the molecule is COC(=O)c1ccc(OC(Oc2ccc(C(=O)OC)cc2OCC2CC2)Oc2ccc(C(=O)OC)cc2OCC2CC2)c(OCC2CC2)c1. The van der Waals surface area contributed by atoms with Gasteiger partial charge in [-0.2, -0.15) is 0 Å². The van der Waals surface area contributed by atoms with Crippen LogP contribution in [0.3, 0.4) is 0 Å². The molecule has 12 heteroatoms. The Morgan fingerprint density at radius 1 is 0.490 bits per heavy atom. The summed E-state index contributed by atoms with van der Waals surface area (Å²) in [4.78, 5) is 37.1. The van der Waals surface area contributed by atoms with Gasteiger partial charge in [0.2, 0.25) is 0 Å². The van der Waals surface area contributed by atoms with E-state index in [1.54, 1.807) is 54.6 Å². The van der Waals surface area contributed by atoms with Gasteiger partial charge in [-0.15, -0.1) is 0 Å². The molecule has 0 radical (unpaired) electrons. The second-order valence-electron chi connectivity index (χ2n) is 12.4. The molecule has 12 nitrogen and oxygen atoms in total. The molecule has 0 unspecified atom stereocenters. The number of hydrogen-bond acceptors (Lipinski definition) is 12. The minimum Gasteiger partial charge on any atom is -0.489 e. The molecule has 260 valence electrons. The van der Waals surface area contributed by atoms with Gasteiger partial charge < -0.3 is 42.6 Å². The van der Waals surface area contributed by atoms with Crippen LogP contribution in [0.2, 0.25) is 0 Å². The molecule has 3 fully saturated rings. The molecule has 49 heavy (non-hydrogen) atoms. The van der Waals surface area contributed by atoms with Gasteiger partial charge in [0.25, 0.3) is 0 Å². The van der Waals surface area contributed by atoms with E-state index in [4.69, 9.17) is 42.6 Å². The zero-order chi connectivity index (χ0) is 34.3. The van der Waals surface area contributed by atoms with Gasteiger partial charge >= 0.3 is 24.4 Å². The van der Waals surface area contributed by atoms with Crippen molar-refractivity contribution in [1.82, 2.24) is 0 Å². The average molecular weight is 677 g/mol. The summed E-state index contributed by atoms with van der Waals surface area (Å²) in [6.45, 7) is -0.159. The number of ether oxygens (including phenoxy) is 9. The summed E-state index contributed by atoms with van der Waals surface area (Å²) in [6.07, 6.45) is 6.32. The lowest BCUT2D eigenvalue weighted by Gasteiger charge is -2.25. The van der Waals surface area contributed by atoms with Crippen LogP contribution < -0.4 is 28.4 Å². The van der Waals surface area contributed by atoms with Crippen molar-refractivity contribution in [3.8, 4) is 34.5 Å². The van der Waals surface area contributed by atoms with E-state index in [0.29, 0.717) is 54.8 Å². The highest BCUT2D eigenvalue weighted by Crippen LogP contribution is 2.39. The Bertz CT molecular complexity index is 1460. The molecule has 0 aromatic heterocycles. The van der Waals surface area contributed by atoms with E-state index in [1.807, 2.05) is 0 Å². The summed E-state index contributed by atoms with van der Waals surface area (Å²) >= 11 is 0. The summed E-state index contributed by atoms with van der Waals surface area (Å²) in [5.74, 6) is 1.24. The van der Waals surface area contributed by atoms with Crippen LogP contribution >= 0.6 is 0 Å². The molecule has 3 aliphatic rings. The highest BCUT2D eigenvalue weighted by atomic mass is 16.8. The Kier molecular flexibility index (Phi) is 10.6. The first-order valence-corrected chi connectivity index (χ1v) is 16.4. The van der Waals surface area contributed by atoms with Crippen molar-refractivity contribution in [2.24, 2.45) is 17.8 Å². The fraction of sp³-hybridized carbons (Fsp3) is 0.432. The first-order chi connectivity index (χ1) is 23.8. The van der Waals surface area contributed by atoms with Crippen LogP contribution in [0.15, 0.2) is 54.6 Å². The van der Waals surface area contributed by atoms with Gasteiger partial charge in [-0.1, -0.05) is 0 Å². The summed E-state index contributed by atoms with van der Waals surface area (Å²) in [5.41, 5.74) is 0.840. The molecule has 0 spiro atoms. The van der Waals surface area contributed by atoms with Crippen LogP contribution in [0.5, 0.6) is 34.5 Å². The molecule has 3 aliphatic carbocycles. The Hall–Kier alpha value is -5.13. The van der Waals surface area contributed by atoms with Crippen LogP contribution in [-0.4, -0.2) is 65.5 Å². The fourth-order valence-electron chi connectivity index (χ4n) is 4.75. The van der Waals surface area contributed by atoms with Crippen molar-refractivity contribution in [2.45, 2.75) is 45.0 Å². The van der Waals surface area contributed by atoms with E-state index < -0.39 is 24.4 Å². The third-order valence-electron chi connectivity index (χ3n) is 8.28. The van der Waals surface area contributed by atoms with Crippen molar-refractivity contribution in [1.29, 1.82) is 0 Å². The Morgan fingerprint density at radius 3 is 1.02 bits per heavy atom. The zero-order valence-corrected chi connectivity index (χ0v) is 27.8. The van der Waals surface area contributed by atoms with Gasteiger partial charge in [0.1, 0.15) is 0 Å². The summed E-state index contributed by atoms with van der Waals surface area (Å²) in [6, 6.07) is 14.0. The summed E-state index contributed by atoms with van der Waals surface area (Å²) < 4.78 is 52.1. The number of carbonyl (C=O) groups is 3. The molecule has 3 aromatic carbocycles. The van der Waals surface area contributed by atoms with Crippen LogP contribution in [-0.2, 0) is 14.2 Å². The predicted molar refractivity (Wildman–Crippen MR) is 174 cm³/mol. The number of methoxy groups -OCH3 is 3. The molecule has 0 bridgehead atoms. The first kappa shape index (κ1) is 33.8. The molecule has 0 aliphatic heterocycles. The van der Waals surface area contributed by atoms with E-state index in [9.17, 15) is 14.4 Å². The molecule has 3 saturated carbocycles. The molecule has 0 atom stereocenters. The normalized spacial score (nSPS) is 15.2. The standard InChI is InChI=1S/C37H40O12/c1-41-34(38)25-10-13-28(31(16-25)44-19-22-4-5-22)47-37(48-29-14-11-26(35(39)42-2)17-32(29)45-20-23-6-7-23)49-30-15-12-27(36(40)43-3)18-33(30)46-21-24-8-9-24/h10-18,22-24,37H,4-9,19-21H2,1-3H3. The highest BCUT2D eigenvalue weighted by molar-refractivity contribution is 5.91. The van der Waals surface area contributed by atoms with Crippen LogP contribution in [0, 0.1) is 17.8 Å². The molecule has 0 saturated heterocycles. The van der Waals surface area contributed by atoms with Crippen molar-refractivity contribution in [3.63, 3.8) is 0 Å². The zero-order valence-electron chi connectivity index (χ0n) is 27.8. The lowest BCUT2D eigenvalue weighted by Crippen LogP contribution is -2.31. The van der Waals surface area contributed by atoms with E-state index in [0.717, 1.165) is 38.5 Å². The molecule has 0 N–H and O–H groups in total. The number of esters is 3. The maximum absolute atomic E-state index is 12.4. The van der Waals surface area contributed by atoms with Gasteiger partial charge in [-0.25, -0.2) is 14.4 Å². The van der Waals surface area contributed by atoms with E-state index in [2.05, 4.69) is 0 Å². The maximum Gasteiger partial charge on any atom is 0.407 e. The third kappa shape index (κ3) is 9.27. The quantitative estimate of drug-likeness (QED) is 0.0859. The second kappa shape index (κ2) is 15.4. The summed E-state index contributed by atoms with van der Waals surface area (Å²) in [7, 11) is 3.91. The third-order valence-corrected chi connectivity index (χ3v) is 8.28. The molecule has 6 rings (SSSR count). The van der Waals surface area contributed by atoms with Crippen molar-refractivity contribution in [3.05, 3.63) is 71.3 Å². The lowest BCUT2D eigenvalue weighted by atomic mass is 10.2. The molecular weight excluding hydrogens is 636 g/mol. The Labute approximate surface area is 284 Å². The Balaban J connectivity index is 1.35. The van der Waals surface area contributed by atoms with Crippen molar-refractivity contribution >= 4 is 17.9 Å². The largest absolute Gasteiger partial charge is 0.489 e. The van der Waals surface area contributed by atoms with Crippen LogP contribution in [0.4, 0.5) is 0 Å². The smallest absolute Gasteiger partial charge is 0.407 e. The topological polar surface area (TPSA) is 134 Å². The van der Waals surface area contributed by atoms with Crippen LogP contribution in [0.25, 0.3) is 0 Å². The molecule has 0 heterocycles. The fourth-order valence-corrected chi connectivity index (χ4v) is 4.75. The van der Waals surface area contributed by atoms with Gasteiger partial charge in [0.15, 0.2) is 34.5 Å². The first-order valence-electron chi connectivity index (χ1n) is 16.4. The van der Waals surface area contributed by atoms with E-state index in [-0.39, 0.29) is 33.9 Å². The maximum atomic E-state index is 12.4. The van der Waals surface area contributed by atoms with Crippen molar-refractivity contribution < 1.29 is 57.0 Å². The lowest BCUT2D eigenvalue weighted by molar-refractivity contribution is -0.142. The average Bonchev–Trinajstić information content (AvgIpc) is 3.97. The highest BCUT2D eigenvalue weighted by Gasteiger charge is 2.28. The van der Waals surface area contributed by atoms with Gasteiger partial charge in [0.05, 0.1) is 57.8 Å².